The lowest BCUT2D eigenvalue weighted by molar-refractivity contribution is 0.531. The van der Waals surface area contributed by atoms with Crippen molar-refractivity contribution in [3.05, 3.63) is 63.7 Å². The maximum absolute atomic E-state index is 14.4. The minimum Gasteiger partial charge on any atom is -0.598 e. The van der Waals surface area contributed by atoms with Crippen LogP contribution in [0.3, 0.4) is 0 Å². The molecule has 1 heterocycles. The average molecular weight is 416 g/mol. The lowest BCUT2D eigenvalue weighted by Gasteiger charge is -2.27. The lowest BCUT2D eigenvalue weighted by atomic mass is 10.0. The summed E-state index contributed by atoms with van der Waals surface area (Å²) in [5, 5.41) is 0.456. The first-order valence-electron chi connectivity index (χ1n) is 9.45. The molecule has 1 aromatic heterocycles. The highest BCUT2D eigenvalue weighted by Crippen LogP contribution is 2.28. The number of rotatable bonds is 4. The van der Waals surface area contributed by atoms with Crippen molar-refractivity contribution in [1.29, 1.82) is 0 Å². The van der Waals surface area contributed by atoms with E-state index in [0.29, 0.717) is 10.9 Å². The molecule has 0 saturated carbocycles. The van der Waals surface area contributed by atoms with E-state index in [1.54, 1.807) is 31.3 Å². The summed E-state index contributed by atoms with van der Waals surface area (Å²) in [6.07, 6.45) is 0. The van der Waals surface area contributed by atoms with E-state index in [1.165, 1.54) is 10.6 Å². The Hall–Kier alpha value is -2.22. The zero-order valence-electron chi connectivity index (χ0n) is 17.5. The van der Waals surface area contributed by atoms with E-state index >= 15 is 0 Å². The van der Waals surface area contributed by atoms with Gasteiger partial charge in [-0.15, -0.1) is 4.72 Å². The van der Waals surface area contributed by atoms with Gasteiger partial charge in [0.15, 0.2) is 0 Å². The van der Waals surface area contributed by atoms with Crippen LogP contribution in [0.4, 0.5) is 4.39 Å². The first-order valence-corrected chi connectivity index (χ1v) is 10.6. The summed E-state index contributed by atoms with van der Waals surface area (Å²) in [5.41, 5.74) is 2.16. The summed E-state index contributed by atoms with van der Waals surface area (Å²) >= 11 is -1.29. The SMILES string of the molecule is Cc1cc([C@@H](C)N[S+]([O-])C(C)(C)C)c2nc(-c3ccccc3F)n(C)c(=O)c2c1. The summed E-state index contributed by atoms with van der Waals surface area (Å²) in [6, 6.07) is 9.66. The average Bonchev–Trinajstić information content (AvgIpc) is 2.64. The van der Waals surface area contributed by atoms with Crippen LogP contribution >= 0.6 is 0 Å². The monoisotopic (exact) mass is 415 g/mol. The molecule has 0 amide bonds. The summed E-state index contributed by atoms with van der Waals surface area (Å²) in [6.45, 7) is 9.46. The van der Waals surface area contributed by atoms with Crippen molar-refractivity contribution in [2.75, 3.05) is 0 Å². The molecule has 0 saturated heterocycles. The van der Waals surface area contributed by atoms with Crippen molar-refractivity contribution in [3.8, 4) is 11.4 Å². The summed E-state index contributed by atoms with van der Waals surface area (Å²) < 4.78 is 31.0. The molecule has 3 aromatic rings. The van der Waals surface area contributed by atoms with E-state index in [4.69, 9.17) is 0 Å². The second-order valence-corrected chi connectivity index (χ2v) is 10.2. The van der Waals surface area contributed by atoms with Crippen molar-refractivity contribution in [2.45, 2.75) is 45.4 Å². The molecule has 0 aliphatic heterocycles. The zero-order chi connectivity index (χ0) is 21.5. The van der Waals surface area contributed by atoms with Gasteiger partial charge in [-0.25, -0.2) is 9.37 Å². The third-order valence-corrected chi connectivity index (χ3v) is 6.46. The molecule has 154 valence electrons. The number of aromatic nitrogens is 2. The van der Waals surface area contributed by atoms with Gasteiger partial charge in [-0.3, -0.25) is 9.36 Å². The molecule has 0 aliphatic rings. The van der Waals surface area contributed by atoms with Gasteiger partial charge in [-0.2, -0.15) is 0 Å². The molecule has 2 atom stereocenters. The van der Waals surface area contributed by atoms with Gasteiger partial charge >= 0.3 is 0 Å². The third kappa shape index (κ3) is 4.22. The van der Waals surface area contributed by atoms with Gasteiger partial charge in [0.25, 0.3) is 5.56 Å². The Kier molecular flexibility index (Phi) is 5.85. The Labute approximate surface area is 173 Å². The Balaban J connectivity index is 2.24. The smallest absolute Gasteiger partial charge is 0.261 e. The summed E-state index contributed by atoms with van der Waals surface area (Å²) in [7, 11) is 1.59. The van der Waals surface area contributed by atoms with Crippen molar-refractivity contribution >= 4 is 22.3 Å². The van der Waals surface area contributed by atoms with Gasteiger partial charge in [0.2, 0.25) is 0 Å². The van der Waals surface area contributed by atoms with Gasteiger partial charge in [0.1, 0.15) is 16.4 Å². The van der Waals surface area contributed by atoms with Crippen molar-refractivity contribution in [3.63, 3.8) is 0 Å². The Morgan fingerprint density at radius 3 is 2.52 bits per heavy atom. The van der Waals surface area contributed by atoms with E-state index in [1.807, 2.05) is 40.7 Å². The van der Waals surface area contributed by atoms with Gasteiger partial charge in [0, 0.05) is 24.0 Å². The number of nitrogens with zero attached hydrogens (tertiary/aromatic N) is 2. The van der Waals surface area contributed by atoms with Crippen molar-refractivity contribution in [1.82, 2.24) is 14.3 Å². The predicted molar refractivity (Wildman–Crippen MR) is 117 cm³/mol. The van der Waals surface area contributed by atoms with Gasteiger partial charge in [0.05, 0.1) is 22.5 Å². The highest BCUT2D eigenvalue weighted by molar-refractivity contribution is 7.90. The first-order chi connectivity index (χ1) is 13.5. The van der Waals surface area contributed by atoms with Crippen LogP contribution < -0.4 is 10.3 Å². The number of benzene rings is 2. The molecule has 2 aromatic carbocycles. The molecule has 0 aliphatic carbocycles. The molecular formula is C22H26FN3O2S. The predicted octanol–water partition coefficient (Wildman–Crippen LogP) is 4.16. The van der Waals surface area contributed by atoms with Crippen LogP contribution in [0.5, 0.6) is 0 Å². The normalized spacial score (nSPS) is 14.2. The molecule has 29 heavy (non-hydrogen) atoms. The molecule has 1 unspecified atom stereocenters. The third-order valence-electron chi connectivity index (χ3n) is 4.78. The van der Waals surface area contributed by atoms with E-state index in [2.05, 4.69) is 9.71 Å². The summed E-state index contributed by atoms with van der Waals surface area (Å²) in [4.78, 5) is 17.7. The fraction of sp³-hybridized carbons (Fsp3) is 0.364. The van der Waals surface area contributed by atoms with Crippen LogP contribution in [0.15, 0.2) is 41.2 Å². The zero-order valence-corrected chi connectivity index (χ0v) is 18.4. The van der Waals surface area contributed by atoms with E-state index in [9.17, 15) is 13.7 Å². The molecular weight excluding hydrogens is 389 g/mol. The largest absolute Gasteiger partial charge is 0.598 e. The summed E-state index contributed by atoms with van der Waals surface area (Å²) in [5.74, 6) is -0.183. The van der Waals surface area contributed by atoms with Crippen LogP contribution in [0.2, 0.25) is 0 Å². The highest BCUT2D eigenvalue weighted by atomic mass is 32.2. The molecule has 3 rings (SSSR count). The fourth-order valence-electron chi connectivity index (χ4n) is 3.17. The Morgan fingerprint density at radius 2 is 1.90 bits per heavy atom. The molecule has 0 radical (unpaired) electrons. The lowest BCUT2D eigenvalue weighted by Crippen LogP contribution is -2.40. The molecule has 5 nitrogen and oxygen atoms in total. The number of nitrogens with one attached hydrogen (secondary N) is 1. The molecule has 7 heteroatoms. The second-order valence-electron chi connectivity index (χ2n) is 8.25. The molecule has 0 bridgehead atoms. The van der Waals surface area contributed by atoms with Crippen LogP contribution in [0.25, 0.3) is 22.3 Å². The number of aryl methyl sites for hydroxylation is 1. The molecule has 0 fully saturated rings. The van der Waals surface area contributed by atoms with Crippen molar-refractivity contribution in [2.24, 2.45) is 7.05 Å². The van der Waals surface area contributed by atoms with Crippen LogP contribution in [0, 0.1) is 12.7 Å². The number of hydrogen-bond donors (Lipinski definition) is 1. The van der Waals surface area contributed by atoms with E-state index in [-0.39, 0.29) is 23.0 Å². The fourth-order valence-corrected chi connectivity index (χ4v) is 3.97. The van der Waals surface area contributed by atoms with Crippen molar-refractivity contribution < 1.29 is 8.94 Å². The topological polar surface area (TPSA) is 70.0 Å². The quantitative estimate of drug-likeness (QED) is 0.650. The molecule has 0 spiro atoms. The minimum atomic E-state index is -1.29. The standard InChI is InChI=1S/C22H26FN3O2S/c1-13-11-16(14(2)25-29(28)22(3,4)5)19-17(12-13)21(27)26(6)20(24-19)15-9-7-8-10-18(15)23/h7-12,14,25H,1-6H3/t14-,29?/m1/s1. The minimum absolute atomic E-state index is 0.248. The Morgan fingerprint density at radius 1 is 1.24 bits per heavy atom. The second kappa shape index (κ2) is 7.89. The van der Waals surface area contributed by atoms with Gasteiger partial charge in [-0.1, -0.05) is 18.2 Å². The number of fused-ring (bicyclic) bond motifs is 1. The molecule has 1 N–H and O–H groups in total. The Bertz CT molecular complexity index is 1120. The van der Waals surface area contributed by atoms with Gasteiger partial charge < -0.3 is 4.55 Å². The first kappa shape index (κ1) is 21.5. The van der Waals surface area contributed by atoms with Gasteiger partial charge in [-0.05, 0) is 58.4 Å². The van der Waals surface area contributed by atoms with Crippen LogP contribution in [-0.2, 0) is 18.4 Å². The number of hydrogen-bond acceptors (Lipinski definition) is 4. The maximum atomic E-state index is 14.4. The highest BCUT2D eigenvalue weighted by Gasteiger charge is 2.29. The van der Waals surface area contributed by atoms with E-state index < -0.39 is 21.9 Å². The van der Waals surface area contributed by atoms with E-state index in [0.717, 1.165) is 11.1 Å². The van der Waals surface area contributed by atoms with Crippen LogP contribution in [0.1, 0.15) is 44.9 Å². The number of halogens is 1. The van der Waals surface area contributed by atoms with Crippen LogP contribution in [-0.4, -0.2) is 18.9 Å². The maximum Gasteiger partial charge on any atom is 0.261 e.